The van der Waals surface area contributed by atoms with Crippen LogP contribution in [0.15, 0.2) is 4.79 Å². The van der Waals surface area contributed by atoms with Gasteiger partial charge in [0, 0.05) is 37.2 Å². The molecule has 26 heavy (non-hydrogen) atoms. The van der Waals surface area contributed by atoms with Crippen LogP contribution < -0.4 is 10.9 Å². The number of halogens is 1. The minimum atomic E-state index is -0.0112. The Labute approximate surface area is 167 Å². The molecule has 0 radical (unpaired) electrons. The summed E-state index contributed by atoms with van der Waals surface area (Å²) in [4.78, 5) is 35.9. The van der Waals surface area contributed by atoms with Gasteiger partial charge in [-0.15, -0.1) is 23.7 Å². The first-order valence-corrected chi connectivity index (χ1v) is 10.6. The number of aromatic amines is 1. The number of thiophene rings is 1. The molecule has 0 fully saturated rings. The van der Waals surface area contributed by atoms with Crippen molar-refractivity contribution >= 4 is 51.6 Å². The summed E-state index contributed by atoms with van der Waals surface area (Å²) in [6.45, 7) is 1.51. The molecule has 0 saturated heterocycles. The van der Waals surface area contributed by atoms with E-state index in [-0.39, 0.29) is 23.9 Å². The first-order valence-electron chi connectivity index (χ1n) is 8.60. The summed E-state index contributed by atoms with van der Waals surface area (Å²) in [6.07, 6.45) is 3.72. The third-order valence-electron chi connectivity index (χ3n) is 4.45. The van der Waals surface area contributed by atoms with Crippen molar-refractivity contribution in [2.75, 3.05) is 32.9 Å². The molecule has 0 bridgehead atoms. The second-order valence-electron chi connectivity index (χ2n) is 6.27. The summed E-state index contributed by atoms with van der Waals surface area (Å²) in [5, 5.41) is 3.83. The quantitative estimate of drug-likeness (QED) is 0.645. The molecule has 0 atom stereocenters. The number of H-pyrrole nitrogens is 1. The zero-order valence-corrected chi connectivity index (χ0v) is 17.5. The van der Waals surface area contributed by atoms with Gasteiger partial charge in [0.15, 0.2) is 0 Å². The molecule has 2 aromatic heterocycles. The maximum Gasteiger partial charge on any atom is 0.259 e. The van der Waals surface area contributed by atoms with Crippen LogP contribution in [0.25, 0.3) is 10.2 Å². The Morgan fingerprint density at radius 3 is 3.00 bits per heavy atom. The molecule has 9 heteroatoms. The molecule has 0 unspecified atom stereocenters. The van der Waals surface area contributed by atoms with Gasteiger partial charge >= 0.3 is 0 Å². The zero-order valence-electron chi connectivity index (χ0n) is 15.1. The minimum absolute atomic E-state index is 0. The number of carbonyl (C=O) groups is 1. The van der Waals surface area contributed by atoms with Gasteiger partial charge in [0.05, 0.1) is 11.1 Å². The number of nitrogens with zero attached hydrogens (tertiary/aromatic N) is 2. The zero-order chi connectivity index (χ0) is 17.8. The van der Waals surface area contributed by atoms with Crippen LogP contribution in [0.4, 0.5) is 0 Å². The first-order chi connectivity index (χ1) is 12.1. The van der Waals surface area contributed by atoms with Gasteiger partial charge in [0.2, 0.25) is 5.91 Å². The van der Waals surface area contributed by atoms with Crippen LogP contribution in [0, 0.1) is 0 Å². The fraction of sp³-hybridized carbons (Fsp3) is 0.588. The lowest BCUT2D eigenvalue weighted by Crippen LogP contribution is -2.32. The van der Waals surface area contributed by atoms with Crippen molar-refractivity contribution in [2.24, 2.45) is 0 Å². The molecule has 2 aromatic rings. The van der Waals surface area contributed by atoms with Gasteiger partial charge < -0.3 is 15.2 Å². The van der Waals surface area contributed by atoms with Gasteiger partial charge in [-0.1, -0.05) is 0 Å². The highest BCUT2D eigenvalue weighted by molar-refractivity contribution is 7.98. The fourth-order valence-corrected chi connectivity index (χ4v) is 5.11. The molecule has 3 rings (SSSR count). The molecule has 1 amide bonds. The average Bonchev–Trinajstić information content (AvgIpc) is 3.16. The third-order valence-corrected chi connectivity index (χ3v) is 6.60. The number of amides is 1. The number of nitrogens with one attached hydrogen (secondary N) is 2. The number of aryl methyl sites for hydroxylation is 2. The van der Waals surface area contributed by atoms with Crippen LogP contribution in [0.2, 0.25) is 0 Å². The molecule has 144 valence electrons. The normalized spacial score (nSPS) is 12.8. The van der Waals surface area contributed by atoms with Crippen LogP contribution in [0.1, 0.15) is 29.1 Å². The number of likely N-dealkylation sites (N-methyl/N-ethyl adjacent to an activating group) is 2. The average molecular weight is 417 g/mol. The van der Waals surface area contributed by atoms with Crippen molar-refractivity contribution in [3.8, 4) is 0 Å². The Bertz CT molecular complexity index is 821. The highest BCUT2D eigenvalue weighted by Crippen LogP contribution is 2.34. The molecule has 1 aliphatic carbocycles. The van der Waals surface area contributed by atoms with Gasteiger partial charge in [-0.2, -0.15) is 11.8 Å². The second kappa shape index (κ2) is 9.73. The SMILES string of the molecule is CNCCN(C)C(=O)CCSCc1nc2sc3c(c2c(=O)[nH]1)CCC3.Cl. The Hall–Kier alpha value is -1.09. The van der Waals surface area contributed by atoms with Crippen molar-refractivity contribution < 1.29 is 4.79 Å². The molecule has 0 aromatic carbocycles. The van der Waals surface area contributed by atoms with Crippen LogP contribution >= 0.6 is 35.5 Å². The maximum atomic E-state index is 12.4. The number of fused-ring (bicyclic) bond motifs is 3. The van der Waals surface area contributed by atoms with Crippen LogP contribution in [-0.4, -0.2) is 53.7 Å². The maximum absolute atomic E-state index is 12.4. The lowest BCUT2D eigenvalue weighted by molar-refractivity contribution is -0.129. The van der Waals surface area contributed by atoms with Gasteiger partial charge in [-0.25, -0.2) is 4.98 Å². The van der Waals surface area contributed by atoms with Crippen molar-refractivity contribution in [1.29, 1.82) is 0 Å². The lowest BCUT2D eigenvalue weighted by atomic mass is 10.2. The Morgan fingerprint density at radius 1 is 1.42 bits per heavy atom. The molecular formula is C17H25ClN4O2S2. The Kier molecular flexibility index (Phi) is 7.94. The van der Waals surface area contributed by atoms with Gasteiger partial charge in [0.1, 0.15) is 10.7 Å². The number of thioether (sulfide) groups is 1. The number of hydrogen-bond acceptors (Lipinski definition) is 6. The fourth-order valence-electron chi connectivity index (χ4n) is 3.04. The number of hydrogen-bond donors (Lipinski definition) is 2. The summed E-state index contributed by atoms with van der Waals surface area (Å²) >= 11 is 3.30. The van der Waals surface area contributed by atoms with Crippen LogP contribution in [0.3, 0.4) is 0 Å². The second-order valence-corrected chi connectivity index (χ2v) is 8.46. The van der Waals surface area contributed by atoms with E-state index < -0.39 is 0 Å². The summed E-state index contributed by atoms with van der Waals surface area (Å²) in [7, 11) is 3.70. The summed E-state index contributed by atoms with van der Waals surface area (Å²) < 4.78 is 0. The van der Waals surface area contributed by atoms with E-state index in [1.54, 1.807) is 28.0 Å². The highest BCUT2D eigenvalue weighted by Gasteiger charge is 2.21. The molecule has 0 saturated carbocycles. The largest absolute Gasteiger partial charge is 0.344 e. The molecular weight excluding hydrogens is 392 g/mol. The molecule has 6 nitrogen and oxygen atoms in total. The van der Waals surface area contributed by atoms with Gasteiger partial charge in [-0.3, -0.25) is 9.59 Å². The van der Waals surface area contributed by atoms with Gasteiger partial charge in [-0.05, 0) is 31.9 Å². The summed E-state index contributed by atoms with van der Waals surface area (Å²) in [5.41, 5.74) is 1.20. The smallest absolute Gasteiger partial charge is 0.259 e. The van der Waals surface area contributed by atoms with E-state index in [0.717, 1.165) is 41.8 Å². The number of carbonyl (C=O) groups excluding carboxylic acids is 1. The van der Waals surface area contributed by atoms with Crippen LogP contribution in [-0.2, 0) is 23.4 Å². The van der Waals surface area contributed by atoms with Gasteiger partial charge in [0.25, 0.3) is 5.56 Å². The standard InChI is InChI=1S/C17H24N4O2S2.ClH/c1-18-7-8-21(2)14(22)6-9-24-10-13-19-16(23)15-11-4-3-5-12(11)25-17(15)20-13;/h18H,3-10H2,1-2H3,(H,19,20,23);1H. The Morgan fingerprint density at radius 2 is 2.23 bits per heavy atom. The van der Waals surface area contributed by atoms with E-state index in [9.17, 15) is 9.59 Å². The van der Waals surface area contributed by atoms with E-state index in [1.807, 2.05) is 14.1 Å². The molecule has 2 N–H and O–H groups in total. The minimum Gasteiger partial charge on any atom is -0.344 e. The Balaban J connectivity index is 0.00000243. The topological polar surface area (TPSA) is 78.1 Å². The van der Waals surface area contributed by atoms with E-state index >= 15 is 0 Å². The number of rotatable bonds is 8. The first kappa shape index (κ1) is 21.2. The molecule has 1 aliphatic rings. The van der Waals surface area contributed by atoms with E-state index in [4.69, 9.17) is 0 Å². The van der Waals surface area contributed by atoms with Crippen molar-refractivity contribution in [2.45, 2.75) is 31.4 Å². The highest BCUT2D eigenvalue weighted by atomic mass is 35.5. The molecule has 0 aliphatic heterocycles. The predicted octanol–water partition coefficient (Wildman–Crippen LogP) is 2.20. The number of aromatic nitrogens is 2. The van der Waals surface area contributed by atoms with E-state index in [0.29, 0.717) is 24.5 Å². The predicted molar refractivity (Wildman–Crippen MR) is 112 cm³/mol. The lowest BCUT2D eigenvalue weighted by Gasteiger charge is -2.16. The van der Waals surface area contributed by atoms with E-state index in [1.165, 1.54) is 10.4 Å². The molecule has 2 heterocycles. The van der Waals surface area contributed by atoms with Crippen molar-refractivity contribution in [3.63, 3.8) is 0 Å². The van der Waals surface area contributed by atoms with Crippen molar-refractivity contribution in [1.82, 2.24) is 20.2 Å². The van der Waals surface area contributed by atoms with E-state index in [2.05, 4.69) is 15.3 Å². The third kappa shape index (κ3) is 4.79. The summed E-state index contributed by atoms with van der Waals surface area (Å²) in [5.74, 6) is 2.21. The van der Waals surface area contributed by atoms with Crippen LogP contribution in [0.5, 0.6) is 0 Å². The molecule has 0 spiro atoms. The summed E-state index contributed by atoms with van der Waals surface area (Å²) in [6, 6.07) is 0. The van der Waals surface area contributed by atoms with Crippen molar-refractivity contribution in [3.05, 3.63) is 26.6 Å². The monoisotopic (exact) mass is 416 g/mol.